The molecular formula is C20H24N6O. The number of para-hydroxylation sites is 1. The second-order valence-corrected chi connectivity index (χ2v) is 6.67. The van der Waals surface area contributed by atoms with E-state index in [1.807, 2.05) is 42.5 Å². The maximum absolute atomic E-state index is 5.42. The highest BCUT2D eigenvalue weighted by molar-refractivity contribution is 5.39. The number of tetrazole rings is 1. The van der Waals surface area contributed by atoms with Crippen molar-refractivity contribution in [2.24, 2.45) is 0 Å². The van der Waals surface area contributed by atoms with Crippen LogP contribution in [0.1, 0.15) is 24.4 Å². The van der Waals surface area contributed by atoms with Gasteiger partial charge in [-0.15, -0.1) is 0 Å². The lowest BCUT2D eigenvalue weighted by Crippen LogP contribution is -2.31. The second kappa shape index (κ2) is 8.18. The lowest BCUT2D eigenvalue weighted by atomic mass is 10.1. The van der Waals surface area contributed by atoms with Gasteiger partial charge in [0.2, 0.25) is 5.95 Å². The Balaban J connectivity index is 1.55. The first-order chi connectivity index (χ1) is 13.3. The third kappa shape index (κ3) is 3.93. The standard InChI is InChI=1S/C20H24N6O/c1-27-18-11-7-8-16(14-18)19(25-12-5-6-13-25)15-21-20-22-23-24-26(20)17-9-3-2-4-10-17/h2-4,7-11,14,19H,5-6,12-13,15H2,1H3,(H,21,22,24)/t19-/m1/s1. The fourth-order valence-corrected chi connectivity index (χ4v) is 3.59. The molecule has 1 aromatic heterocycles. The van der Waals surface area contributed by atoms with E-state index in [9.17, 15) is 0 Å². The van der Waals surface area contributed by atoms with Crippen molar-refractivity contribution in [3.63, 3.8) is 0 Å². The Morgan fingerprint density at radius 3 is 2.67 bits per heavy atom. The first-order valence-corrected chi connectivity index (χ1v) is 9.31. The quantitative estimate of drug-likeness (QED) is 0.695. The summed E-state index contributed by atoms with van der Waals surface area (Å²) >= 11 is 0. The summed E-state index contributed by atoms with van der Waals surface area (Å²) < 4.78 is 7.15. The summed E-state index contributed by atoms with van der Waals surface area (Å²) in [6, 6.07) is 18.4. The fraction of sp³-hybridized carbons (Fsp3) is 0.350. The van der Waals surface area contributed by atoms with Crippen molar-refractivity contribution in [1.29, 1.82) is 0 Å². The molecular weight excluding hydrogens is 340 g/mol. The van der Waals surface area contributed by atoms with Gasteiger partial charge in [0.15, 0.2) is 0 Å². The van der Waals surface area contributed by atoms with Gasteiger partial charge in [0, 0.05) is 6.54 Å². The molecule has 0 spiro atoms. The van der Waals surface area contributed by atoms with Crippen LogP contribution < -0.4 is 10.1 Å². The fourth-order valence-electron chi connectivity index (χ4n) is 3.59. The van der Waals surface area contributed by atoms with E-state index in [0.717, 1.165) is 31.1 Å². The number of anilines is 1. The SMILES string of the molecule is COc1cccc([C@@H](CNc2nnnn2-c2ccccc2)N2CCCC2)c1. The van der Waals surface area contributed by atoms with Crippen molar-refractivity contribution in [3.05, 3.63) is 60.2 Å². The average molecular weight is 364 g/mol. The van der Waals surface area contributed by atoms with Gasteiger partial charge in [-0.25, -0.2) is 0 Å². The minimum absolute atomic E-state index is 0.239. The van der Waals surface area contributed by atoms with E-state index in [1.165, 1.54) is 18.4 Å². The molecule has 2 aromatic carbocycles. The van der Waals surface area contributed by atoms with Gasteiger partial charge in [-0.2, -0.15) is 4.68 Å². The van der Waals surface area contributed by atoms with Crippen LogP contribution in [0.2, 0.25) is 0 Å². The molecule has 0 radical (unpaired) electrons. The molecule has 27 heavy (non-hydrogen) atoms. The predicted molar refractivity (Wildman–Crippen MR) is 104 cm³/mol. The molecule has 4 rings (SSSR count). The van der Waals surface area contributed by atoms with Crippen molar-refractivity contribution in [1.82, 2.24) is 25.1 Å². The van der Waals surface area contributed by atoms with E-state index >= 15 is 0 Å². The van der Waals surface area contributed by atoms with Gasteiger partial charge in [-0.3, -0.25) is 4.90 Å². The van der Waals surface area contributed by atoms with E-state index < -0.39 is 0 Å². The lowest BCUT2D eigenvalue weighted by Gasteiger charge is -2.28. The number of likely N-dealkylation sites (tertiary alicyclic amines) is 1. The Morgan fingerprint density at radius 2 is 1.89 bits per heavy atom. The monoisotopic (exact) mass is 364 g/mol. The maximum Gasteiger partial charge on any atom is 0.247 e. The summed E-state index contributed by atoms with van der Waals surface area (Å²) in [4.78, 5) is 2.51. The van der Waals surface area contributed by atoms with Crippen LogP contribution in [0.25, 0.3) is 5.69 Å². The first kappa shape index (κ1) is 17.5. The molecule has 1 saturated heterocycles. The van der Waals surface area contributed by atoms with Crippen LogP contribution in [0.3, 0.4) is 0 Å². The van der Waals surface area contributed by atoms with Crippen LogP contribution in [-0.2, 0) is 0 Å². The summed E-state index contributed by atoms with van der Waals surface area (Å²) in [6.45, 7) is 2.93. The smallest absolute Gasteiger partial charge is 0.247 e. The highest BCUT2D eigenvalue weighted by Gasteiger charge is 2.24. The summed E-state index contributed by atoms with van der Waals surface area (Å²) in [7, 11) is 1.70. The number of hydrogen-bond acceptors (Lipinski definition) is 6. The van der Waals surface area contributed by atoms with E-state index in [0.29, 0.717) is 5.95 Å². The van der Waals surface area contributed by atoms with E-state index in [2.05, 4.69) is 37.9 Å². The van der Waals surface area contributed by atoms with Gasteiger partial charge >= 0.3 is 0 Å². The molecule has 1 atom stereocenters. The van der Waals surface area contributed by atoms with Gasteiger partial charge < -0.3 is 10.1 Å². The molecule has 7 heteroatoms. The van der Waals surface area contributed by atoms with Gasteiger partial charge in [-0.05, 0) is 66.2 Å². The van der Waals surface area contributed by atoms with E-state index in [4.69, 9.17) is 4.74 Å². The van der Waals surface area contributed by atoms with Gasteiger partial charge in [0.1, 0.15) is 5.75 Å². The molecule has 0 aliphatic carbocycles. The molecule has 1 aliphatic rings. The van der Waals surface area contributed by atoms with Crippen LogP contribution in [-0.4, -0.2) is 51.9 Å². The second-order valence-electron chi connectivity index (χ2n) is 6.67. The topological polar surface area (TPSA) is 68.1 Å². The van der Waals surface area contributed by atoms with Crippen molar-refractivity contribution in [2.45, 2.75) is 18.9 Å². The molecule has 0 amide bonds. The van der Waals surface area contributed by atoms with Crippen molar-refractivity contribution in [3.8, 4) is 11.4 Å². The summed E-state index contributed by atoms with van der Waals surface area (Å²) in [5.41, 5.74) is 2.17. The zero-order chi connectivity index (χ0) is 18.5. The van der Waals surface area contributed by atoms with Crippen molar-refractivity contribution in [2.75, 3.05) is 32.1 Å². The van der Waals surface area contributed by atoms with Gasteiger partial charge in [-0.1, -0.05) is 35.4 Å². The lowest BCUT2D eigenvalue weighted by molar-refractivity contribution is 0.255. The molecule has 0 unspecified atom stereocenters. The van der Waals surface area contributed by atoms with Gasteiger partial charge in [0.25, 0.3) is 0 Å². The van der Waals surface area contributed by atoms with E-state index in [-0.39, 0.29) is 6.04 Å². The highest BCUT2D eigenvalue weighted by atomic mass is 16.5. The maximum atomic E-state index is 5.42. The van der Waals surface area contributed by atoms with Crippen LogP contribution >= 0.6 is 0 Å². The molecule has 3 aromatic rings. The third-order valence-corrected chi connectivity index (χ3v) is 4.98. The number of ether oxygens (including phenoxy) is 1. The van der Waals surface area contributed by atoms with Crippen molar-refractivity contribution < 1.29 is 4.74 Å². The number of hydrogen-bond donors (Lipinski definition) is 1. The molecule has 140 valence electrons. The Morgan fingerprint density at radius 1 is 1.07 bits per heavy atom. The predicted octanol–water partition coefficient (Wildman–Crippen LogP) is 2.92. The Hall–Kier alpha value is -2.93. The molecule has 0 bridgehead atoms. The normalized spacial score (nSPS) is 15.6. The molecule has 7 nitrogen and oxygen atoms in total. The molecule has 1 aliphatic heterocycles. The van der Waals surface area contributed by atoms with Crippen molar-refractivity contribution >= 4 is 5.95 Å². The van der Waals surface area contributed by atoms with Gasteiger partial charge in [0.05, 0.1) is 18.8 Å². The zero-order valence-electron chi connectivity index (χ0n) is 15.5. The number of rotatable bonds is 7. The average Bonchev–Trinajstić information content (AvgIpc) is 3.41. The number of nitrogens with one attached hydrogen (secondary N) is 1. The molecule has 0 saturated carbocycles. The molecule has 2 heterocycles. The van der Waals surface area contributed by atoms with Crippen LogP contribution in [0.15, 0.2) is 54.6 Å². The van der Waals surface area contributed by atoms with Crippen LogP contribution in [0.5, 0.6) is 5.75 Å². The summed E-state index contributed by atoms with van der Waals surface area (Å²) in [5.74, 6) is 1.53. The summed E-state index contributed by atoms with van der Waals surface area (Å²) in [5, 5.41) is 15.6. The van der Waals surface area contributed by atoms with Crippen LogP contribution in [0, 0.1) is 0 Å². The number of benzene rings is 2. The number of aromatic nitrogens is 4. The minimum Gasteiger partial charge on any atom is -0.497 e. The highest BCUT2D eigenvalue weighted by Crippen LogP contribution is 2.28. The third-order valence-electron chi connectivity index (χ3n) is 4.98. The largest absolute Gasteiger partial charge is 0.497 e. The Labute approximate surface area is 159 Å². The Bertz CT molecular complexity index is 860. The number of methoxy groups -OCH3 is 1. The number of nitrogens with zero attached hydrogens (tertiary/aromatic N) is 5. The molecule has 1 N–H and O–H groups in total. The minimum atomic E-state index is 0.239. The summed E-state index contributed by atoms with van der Waals surface area (Å²) in [6.07, 6.45) is 2.48. The van der Waals surface area contributed by atoms with Crippen LogP contribution in [0.4, 0.5) is 5.95 Å². The molecule has 1 fully saturated rings. The Kier molecular flexibility index (Phi) is 5.29. The van der Waals surface area contributed by atoms with E-state index in [1.54, 1.807) is 11.8 Å². The first-order valence-electron chi connectivity index (χ1n) is 9.31. The zero-order valence-corrected chi connectivity index (χ0v) is 15.5.